The van der Waals surface area contributed by atoms with Crippen LogP contribution in [0.5, 0.6) is 0 Å². The summed E-state index contributed by atoms with van der Waals surface area (Å²) in [7, 11) is -2.35. The Kier molecular flexibility index (Phi) is 7.60. The van der Waals surface area contributed by atoms with Crippen LogP contribution in [0, 0.1) is 19.7 Å². The number of aryl methyl sites for hydroxylation is 1. The van der Waals surface area contributed by atoms with Gasteiger partial charge in [0.25, 0.3) is 0 Å². The van der Waals surface area contributed by atoms with Crippen molar-refractivity contribution >= 4 is 18.0 Å². The van der Waals surface area contributed by atoms with Crippen molar-refractivity contribution in [1.82, 2.24) is 4.98 Å². The highest BCUT2D eigenvalue weighted by molar-refractivity contribution is 7.70. The molecule has 0 N–H and O–H groups in total. The molecule has 0 aliphatic rings. The average Bonchev–Trinajstić information content (AvgIpc) is 2.67. The fraction of sp³-hybridized carbons (Fsp3) is 0.320. The largest absolute Gasteiger partial charge is 0.486 e. The molecule has 1 heterocycles. The van der Waals surface area contributed by atoms with Gasteiger partial charge < -0.3 is 9.30 Å². The van der Waals surface area contributed by atoms with Gasteiger partial charge in [0.05, 0.1) is 5.69 Å². The number of benzene rings is 1. The number of aromatic nitrogens is 1. The number of rotatable bonds is 7. The van der Waals surface area contributed by atoms with Gasteiger partial charge in [-0.2, -0.15) is 0 Å². The summed E-state index contributed by atoms with van der Waals surface area (Å²) in [5.41, 5.74) is 4.79. The third-order valence-corrected chi connectivity index (χ3v) is 6.57. The van der Waals surface area contributed by atoms with Crippen LogP contribution < -0.4 is 5.30 Å². The van der Waals surface area contributed by atoms with Gasteiger partial charge in [-0.05, 0) is 94.5 Å². The van der Waals surface area contributed by atoms with Crippen LogP contribution in [0.1, 0.15) is 49.3 Å². The fourth-order valence-corrected chi connectivity index (χ4v) is 4.06. The Morgan fingerprint density at radius 1 is 1.23 bits per heavy atom. The number of allylic oxidation sites excluding steroid dienone is 4. The van der Waals surface area contributed by atoms with E-state index in [2.05, 4.69) is 11.6 Å². The minimum atomic E-state index is -2.35. The van der Waals surface area contributed by atoms with Crippen LogP contribution in [-0.2, 0) is 9.30 Å². The van der Waals surface area contributed by atoms with E-state index >= 15 is 0 Å². The van der Waals surface area contributed by atoms with Crippen LogP contribution in [0.25, 0.3) is 5.57 Å². The highest BCUT2D eigenvalue weighted by atomic mass is 31.2. The van der Waals surface area contributed by atoms with E-state index in [4.69, 9.17) is 4.74 Å². The second kappa shape index (κ2) is 9.57. The number of hydrogen-bond acceptors (Lipinski definition) is 3. The highest BCUT2D eigenvalue weighted by Crippen LogP contribution is 2.34. The predicted octanol–water partition coefficient (Wildman–Crippen LogP) is 6.73. The Bertz CT molecular complexity index is 1050. The van der Waals surface area contributed by atoms with Gasteiger partial charge in [-0.1, -0.05) is 18.7 Å². The molecule has 2 rings (SSSR count). The minimum Gasteiger partial charge on any atom is -0.486 e. The van der Waals surface area contributed by atoms with Crippen LogP contribution in [-0.4, -0.2) is 18.3 Å². The maximum Gasteiger partial charge on any atom is 0.126 e. The van der Waals surface area contributed by atoms with Crippen molar-refractivity contribution in [3.05, 3.63) is 88.7 Å². The van der Waals surface area contributed by atoms with E-state index in [9.17, 15) is 8.96 Å². The zero-order valence-electron chi connectivity index (χ0n) is 18.9. The Balaban J connectivity index is 2.38. The van der Waals surface area contributed by atoms with Crippen molar-refractivity contribution in [2.45, 2.75) is 40.7 Å². The Labute approximate surface area is 179 Å². The van der Waals surface area contributed by atoms with Crippen LogP contribution in [0.4, 0.5) is 4.39 Å². The van der Waals surface area contributed by atoms with Gasteiger partial charge >= 0.3 is 0 Å². The maximum atomic E-state index is 14.1. The van der Waals surface area contributed by atoms with Gasteiger partial charge in [-0.3, -0.25) is 4.98 Å². The smallest absolute Gasteiger partial charge is 0.126 e. The second-order valence-corrected chi connectivity index (χ2v) is 11.2. The number of halogens is 1. The standard InChI is InChI=1S/C25H31FNO2P/c1-9-20(23-13-11-21(15-27-23)30(7,8)28)14-24(16(2)3)29-19(6)25-17(4)10-12-22(26)18(25)5/h9-15,19H,2H2,1,3-8H3/b20-9+,24-14+. The lowest BCUT2D eigenvalue weighted by molar-refractivity contribution is 0.138. The number of ether oxygens (including phenoxy) is 1. The topological polar surface area (TPSA) is 39.2 Å². The lowest BCUT2D eigenvalue weighted by atomic mass is 9.98. The maximum absolute atomic E-state index is 14.1. The van der Waals surface area contributed by atoms with E-state index in [0.29, 0.717) is 11.3 Å². The molecule has 0 saturated heterocycles. The van der Waals surface area contributed by atoms with Crippen molar-refractivity contribution in [2.75, 3.05) is 13.3 Å². The summed E-state index contributed by atoms with van der Waals surface area (Å²) in [6, 6.07) is 6.96. The summed E-state index contributed by atoms with van der Waals surface area (Å²) in [5.74, 6) is 0.371. The molecule has 0 saturated carbocycles. The molecule has 0 spiro atoms. The molecule has 1 aromatic heterocycles. The first-order valence-corrected chi connectivity index (χ1v) is 12.5. The fourth-order valence-electron chi connectivity index (χ4n) is 3.29. The molecule has 160 valence electrons. The van der Waals surface area contributed by atoms with E-state index in [1.165, 1.54) is 6.07 Å². The van der Waals surface area contributed by atoms with Crippen LogP contribution >= 0.6 is 7.14 Å². The third-order valence-electron chi connectivity index (χ3n) is 5.06. The van der Waals surface area contributed by atoms with Gasteiger partial charge in [0.1, 0.15) is 24.8 Å². The summed E-state index contributed by atoms with van der Waals surface area (Å²) in [6.45, 7) is 16.9. The van der Waals surface area contributed by atoms with Gasteiger partial charge in [-0.15, -0.1) is 0 Å². The normalized spacial score (nSPS) is 13.9. The lowest BCUT2D eigenvalue weighted by Gasteiger charge is -2.22. The number of nitrogens with zero attached hydrogens (tertiary/aromatic N) is 1. The first-order valence-electron chi connectivity index (χ1n) is 9.93. The zero-order chi connectivity index (χ0) is 22.6. The predicted molar refractivity (Wildman–Crippen MR) is 125 cm³/mol. The molecule has 0 amide bonds. The molecule has 0 aliphatic carbocycles. The van der Waals surface area contributed by atoms with Crippen molar-refractivity contribution in [3.63, 3.8) is 0 Å². The second-order valence-electron chi connectivity index (χ2n) is 7.95. The van der Waals surface area contributed by atoms with Gasteiger partial charge in [-0.25, -0.2) is 4.39 Å². The highest BCUT2D eigenvalue weighted by Gasteiger charge is 2.18. The van der Waals surface area contributed by atoms with Gasteiger partial charge in [0, 0.05) is 17.1 Å². The van der Waals surface area contributed by atoms with Crippen LogP contribution in [0.3, 0.4) is 0 Å². The molecule has 1 atom stereocenters. The quantitative estimate of drug-likeness (QED) is 0.279. The molecule has 1 unspecified atom stereocenters. The SMILES string of the molecule is C=C(C)/C(=C\C(=C/C)c1ccc(P(C)(C)=O)cn1)OC(C)c1c(C)ccc(F)c1C. The van der Waals surface area contributed by atoms with Crippen molar-refractivity contribution < 1.29 is 13.7 Å². The van der Waals surface area contributed by atoms with Crippen LogP contribution in [0.15, 0.2) is 60.5 Å². The summed E-state index contributed by atoms with van der Waals surface area (Å²) in [6.07, 6.45) is 5.15. The molecule has 2 aromatic rings. The lowest BCUT2D eigenvalue weighted by Crippen LogP contribution is -2.07. The molecular formula is C25H31FNO2P. The minimum absolute atomic E-state index is 0.241. The summed E-state index contributed by atoms with van der Waals surface area (Å²) >= 11 is 0. The van der Waals surface area contributed by atoms with Crippen molar-refractivity contribution in [1.29, 1.82) is 0 Å². The molecule has 30 heavy (non-hydrogen) atoms. The van der Waals surface area contributed by atoms with E-state index < -0.39 is 7.14 Å². The average molecular weight is 428 g/mol. The monoisotopic (exact) mass is 427 g/mol. The molecule has 0 aliphatic heterocycles. The molecule has 0 radical (unpaired) electrons. The Morgan fingerprint density at radius 2 is 1.90 bits per heavy atom. The molecule has 3 nitrogen and oxygen atoms in total. The molecule has 0 fully saturated rings. The number of pyridine rings is 1. The number of hydrogen-bond donors (Lipinski definition) is 0. The Hall–Kier alpha value is -2.45. The van der Waals surface area contributed by atoms with Gasteiger partial charge in [0.15, 0.2) is 0 Å². The van der Waals surface area contributed by atoms with E-state index in [-0.39, 0.29) is 11.9 Å². The summed E-state index contributed by atoms with van der Waals surface area (Å²) in [4.78, 5) is 4.49. The molecule has 0 bridgehead atoms. The third kappa shape index (κ3) is 5.58. The first kappa shape index (κ1) is 23.8. The van der Waals surface area contributed by atoms with Gasteiger partial charge in [0.2, 0.25) is 0 Å². The summed E-state index contributed by atoms with van der Waals surface area (Å²) < 4.78 is 32.6. The van der Waals surface area contributed by atoms with Crippen molar-refractivity contribution in [3.8, 4) is 0 Å². The molecular weight excluding hydrogens is 396 g/mol. The molecule has 5 heteroatoms. The zero-order valence-corrected chi connectivity index (χ0v) is 19.8. The Morgan fingerprint density at radius 3 is 2.40 bits per heavy atom. The van der Waals surface area contributed by atoms with Crippen molar-refractivity contribution in [2.24, 2.45) is 0 Å². The van der Waals surface area contributed by atoms with E-state index in [1.54, 1.807) is 32.5 Å². The molecule has 1 aromatic carbocycles. The first-order chi connectivity index (χ1) is 14.0. The summed E-state index contributed by atoms with van der Waals surface area (Å²) in [5, 5.41) is 0.743. The van der Waals surface area contributed by atoms with E-state index in [1.807, 2.05) is 52.0 Å². The van der Waals surface area contributed by atoms with E-state index in [0.717, 1.165) is 33.3 Å². The van der Waals surface area contributed by atoms with Crippen LogP contribution in [0.2, 0.25) is 0 Å².